The molecule has 8 nitrogen and oxygen atoms in total. The van der Waals surface area contributed by atoms with Gasteiger partial charge in [-0.15, -0.1) is 5.10 Å². The van der Waals surface area contributed by atoms with Crippen molar-refractivity contribution in [2.75, 3.05) is 21.3 Å². The Morgan fingerprint density at radius 1 is 0.854 bits per heavy atom. The molecule has 9 heteroatoms. The maximum absolute atomic E-state index is 12.9. The second-order valence-corrected chi connectivity index (χ2v) is 9.43. The van der Waals surface area contributed by atoms with E-state index in [2.05, 4.69) is 10.3 Å². The Balaban J connectivity index is 1.33. The summed E-state index contributed by atoms with van der Waals surface area (Å²) in [5.41, 5.74) is 4.81. The number of nitrogens with zero attached hydrogens (tertiary/aromatic N) is 3. The second-order valence-electron chi connectivity index (χ2n) is 8.99. The summed E-state index contributed by atoms with van der Waals surface area (Å²) in [6, 6.07) is 23.3. The van der Waals surface area contributed by atoms with Crippen molar-refractivity contribution in [2.45, 2.75) is 0 Å². The molecule has 0 radical (unpaired) electrons. The van der Waals surface area contributed by atoms with Crippen LogP contribution in [0.25, 0.3) is 34.1 Å². The number of halogens is 1. The number of ether oxygens (including phenoxy) is 3. The molecule has 206 valence electrons. The van der Waals surface area contributed by atoms with E-state index in [9.17, 15) is 9.90 Å². The smallest absolute Gasteiger partial charge is 0.203 e. The largest absolute Gasteiger partial charge is 0.507 e. The molecule has 0 bridgehead atoms. The van der Waals surface area contributed by atoms with Crippen molar-refractivity contribution in [3.8, 4) is 51.1 Å². The highest BCUT2D eigenvalue weighted by molar-refractivity contribution is 6.30. The molecule has 1 N–H and O–H groups in total. The van der Waals surface area contributed by atoms with Gasteiger partial charge in [-0.1, -0.05) is 53.2 Å². The normalized spacial score (nSPS) is 11.0. The Hall–Kier alpha value is -5.08. The van der Waals surface area contributed by atoms with E-state index in [1.54, 1.807) is 56.5 Å². The van der Waals surface area contributed by atoms with Crippen LogP contribution in [0.5, 0.6) is 23.0 Å². The van der Waals surface area contributed by atoms with E-state index in [0.717, 1.165) is 27.9 Å². The molecule has 0 aliphatic heterocycles. The predicted molar refractivity (Wildman–Crippen MR) is 158 cm³/mol. The van der Waals surface area contributed by atoms with E-state index >= 15 is 0 Å². The number of hydrogen-bond donors (Lipinski definition) is 1. The molecule has 5 aromatic rings. The number of benzene rings is 4. The number of aromatic nitrogens is 3. The molecular formula is C32H26ClN3O5. The van der Waals surface area contributed by atoms with Gasteiger partial charge in [0.25, 0.3) is 0 Å². The van der Waals surface area contributed by atoms with Crippen LogP contribution in [-0.4, -0.2) is 47.2 Å². The third-order valence-electron chi connectivity index (χ3n) is 6.46. The van der Waals surface area contributed by atoms with Crippen LogP contribution in [0.3, 0.4) is 0 Å². The van der Waals surface area contributed by atoms with Gasteiger partial charge < -0.3 is 19.3 Å². The third-order valence-corrected chi connectivity index (χ3v) is 6.69. The first kappa shape index (κ1) is 27.5. The van der Waals surface area contributed by atoms with E-state index in [-0.39, 0.29) is 17.1 Å². The molecule has 0 aliphatic carbocycles. The Kier molecular flexibility index (Phi) is 8.03. The van der Waals surface area contributed by atoms with E-state index < -0.39 is 0 Å². The molecule has 0 spiro atoms. The summed E-state index contributed by atoms with van der Waals surface area (Å²) in [4.78, 5) is 12.9. The highest BCUT2D eigenvalue weighted by Crippen LogP contribution is 2.40. The minimum absolute atomic E-state index is 0.0881. The van der Waals surface area contributed by atoms with Crippen molar-refractivity contribution in [2.24, 2.45) is 0 Å². The summed E-state index contributed by atoms with van der Waals surface area (Å²) >= 11 is 6.11. The van der Waals surface area contributed by atoms with Gasteiger partial charge in [-0.2, -0.15) is 0 Å². The molecule has 4 aromatic carbocycles. The second kappa shape index (κ2) is 12.0. The SMILES string of the molecule is COc1cc(-c2cn(-c3ccc(/C=C/C(=O)c4cc(-c5cccc(Cl)c5)ccc4O)cc3)nn2)cc(OC)c1OC. The number of carbonyl (C=O) groups is 1. The van der Waals surface area contributed by atoms with Gasteiger partial charge in [0.1, 0.15) is 11.4 Å². The zero-order valence-corrected chi connectivity index (χ0v) is 23.3. The highest BCUT2D eigenvalue weighted by Gasteiger charge is 2.16. The summed E-state index contributed by atoms with van der Waals surface area (Å²) in [6.45, 7) is 0. The number of allylic oxidation sites excluding steroid dienone is 1. The van der Waals surface area contributed by atoms with Crippen molar-refractivity contribution in [1.29, 1.82) is 0 Å². The van der Waals surface area contributed by atoms with Gasteiger partial charge in [-0.25, -0.2) is 4.68 Å². The van der Waals surface area contributed by atoms with Crippen LogP contribution in [0.1, 0.15) is 15.9 Å². The van der Waals surface area contributed by atoms with E-state index in [1.165, 1.54) is 12.1 Å². The monoisotopic (exact) mass is 567 g/mol. The molecule has 0 atom stereocenters. The minimum Gasteiger partial charge on any atom is -0.507 e. The van der Waals surface area contributed by atoms with Gasteiger partial charge in [0, 0.05) is 10.6 Å². The van der Waals surface area contributed by atoms with Crippen LogP contribution < -0.4 is 14.2 Å². The minimum atomic E-state index is -0.318. The number of hydrogen-bond acceptors (Lipinski definition) is 7. The molecule has 0 unspecified atom stereocenters. The summed E-state index contributed by atoms with van der Waals surface area (Å²) in [6.07, 6.45) is 4.93. The quantitative estimate of drug-likeness (QED) is 0.153. The van der Waals surface area contributed by atoms with Crippen LogP contribution in [0.2, 0.25) is 5.02 Å². The van der Waals surface area contributed by atoms with Crippen LogP contribution in [0.4, 0.5) is 0 Å². The van der Waals surface area contributed by atoms with Gasteiger partial charge in [-0.3, -0.25) is 4.79 Å². The van der Waals surface area contributed by atoms with Crippen LogP contribution >= 0.6 is 11.6 Å². The molecular weight excluding hydrogens is 542 g/mol. The summed E-state index contributed by atoms with van der Waals surface area (Å²) in [5, 5.41) is 19.5. The first-order valence-electron chi connectivity index (χ1n) is 12.5. The average Bonchev–Trinajstić information content (AvgIpc) is 3.50. The number of phenolic OH excluding ortho intramolecular Hbond substituents is 1. The summed E-state index contributed by atoms with van der Waals surface area (Å²) in [5.74, 6) is 1.13. The molecule has 41 heavy (non-hydrogen) atoms. The van der Waals surface area contributed by atoms with Gasteiger partial charge in [-0.05, 0) is 71.3 Å². The zero-order chi connectivity index (χ0) is 28.9. The molecule has 0 aliphatic rings. The fraction of sp³-hybridized carbons (Fsp3) is 0.0938. The molecule has 0 fully saturated rings. The fourth-order valence-electron chi connectivity index (χ4n) is 4.33. The lowest BCUT2D eigenvalue weighted by atomic mass is 10.00. The van der Waals surface area contributed by atoms with Crippen LogP contribution in [0.15, 0.2) is 91.1 Å². The highest BCUT2D eigenvalue weighted by atomic mass is 35.5. The Labute approximate surface area is 242 Å². The van der Waals surface area contributed by atoms with Crippen molar-refractivity contribution in [1.82, 2.24) is 15.0 Å². The number of carbonyl (C=O) groups excluding carboxylic acids is 1. The molecule has 0 saturated carbocycles. The maximum Gasteiger partial charge on any atom is 0.203 e. The van der Waals surface area contributed by atoms with E-state index in [4.69, 9.17) is 25.8 Å². The number of methoxy groups -OCH3 is 3. The van der Waals surface area contributed by atoms with E-state index in [0.29, 0.717) is 28.0 Å². The van der Waals surface area contributed by atoms with Crippen molar-refractivity contribution in [3.63, 3.8) is 0 Å². The maximum atomic E-state index is 12.9. The first-order valence-corrected chi connectivity index (χ1v) is 12.9. The molecule has 1 aromatic heterocycles. The first-order chi connectivity index (χ1) is 19.9. The standard InChI is InChI=1S/C32H26ClN3O5/c1-39-30-17-23(18-31(40-2)32(30)41-3)27-19-36(35-34-27)25-11-7-20(8-12-25)9-13-28(37)26-16-22(10-14-29(26)38)21-5-4-6-24(33)15-21/h4-19,38H,1-3H3/b13-9+. The Morgan fingerprint density at radius 2 is 1.56 bits per heavy atom. The molecule has 0 amide bonds. The average molecular weight is 568 g/mol. The summed E-state index contributed by atoms with van der Waals surface area (Å²) < 4.78 is 17.9. The van der Waals surface area contributed by atoms with Gasteiger partial charge in [0.2, 0.25) is 5.75 Å². The zero-order valence-electron chi connectivity index (χ0n) is 22.5. The van der Waals surface area contributed by atoms with Crippen LogP contribution in [-0.2, 0) is 0 Å². The molecule has 0 saturated heterocycles. The molecule has 5 rings (SSSR count). The number of aromatic hydroxyl groups is 1. The molecule has 1 heterocycles. The predicted octanol–water partition coefficient (Wildman–Crippen LogP) is 6.88. The number of rotatable bonds is 9. The number of ketones is 1. The lowest BCUT2D eigenvalue weighted by molar-refractivity contribution is 0.104. The number of phenols is 1. The van der Waals surface area contributed by atoms with Crippen molar-refractivity contribution in [3.05, 3.63) is 107 Å². The van der Waals surface area contributed by atoms with Crippen LogP contribution in [0, 0.1) is 0 Å². The Morgan fingerprint density at radius 3 is 2.22 bits per heavy atom. The third kappa shape index (κ3) is 5.92. The van der Waals surface area contributed by atoms with Crippen molar-refractivity contribution >= 4 is 23.5 Å². The van der Waals surface area contributed by atoms with Crippen molar-refractivity contribution < 1.29 is 24.1 Å². The van der Waals surface area contributed by atoms with Gasteiger partial charge in [0.05, 0.1) is 38.8 Å². The lowest BCUT2D eigenvalue weighted by Gasteiger charge is -2.13. The van der Waals surface area contributed by atoms with Gasteiger partial charge in [0.15, 0.2) is 17.3 Å². The summed E-state index contributed by atoms with van der Waals surface area (Å²) in [7, 11) is 4.67. The van der Waals surface area contributed by atoms with E-state index in [1.807, 2.05) is 54.6 Å². The lowest BCUT2D eigenvalue weighted by Crippen LogP contribution is -1.96. The topological polar surface area (TPSA) is 95.7 Å². The Bertz CT molecular complexity index is 1720. The fourth-order valence-corrected chi connectivity index (χ4v) is 4.52. The van der Waals surface area contributed by atoms with Gasteiger partial charge >= 0.3 is 0 Å².